The summed E-state index contributed by atoms with van der Waals surface area (Å²) in [6.45, 7) is 4.31. The average molecular weight is 327 g/mol. The molecule has 0 spiro atoms. The molecule has 112 valence electrons. The lowest BCUT2D eigenvalue weighted by molar-refractivity contribution is 0.725. The Kier molecular flexibility index (Phi) is 3.54. The molecule has 1 atom stereocenters. The van der Waals surface area contributed by atoms with E-state index in [-0.39, 0.29) is 0 Å². The van der Waals surface area contributed by atoms with Crippen LogP contribution in [0.25, 0.3) is 10.2 Å². The highest BCUT2D eigenvalue weighted by atomic mass is 32.2. The number of aryl methyl sites for hydroxylation is 2. The van der Waals surface area contributed by atoms with Crippen LogP contribution < -0.4 is 5.32 Å². The van der Waals surface area contributed by atoms with Crippen LogP contribution in [0.15, 0.2) is 35.5 Å². The zero-order chi connectivity index (χ0) is 15.1. The zero-order valence-corrected chi connectivity index (χ0v) is 14.2. The number of hydrogen-bond acceptors (Lipinski definition) is 5. The van der Waals surface area contributed by atoms with E-state index in [0.717, 1.165) is 22.8 Å². The molecule has 3 aromatic rings. The average Bonchev–Trinajstić information content (AvgIpc) is 2.83. The smallest absolute Gasteiger partial charge is 0.138 e. The molecule has 0 aliphatic carbocycles. The van der Waals surface area contributed by atoms with Crippen LogP contribution >= 0.6 is 23.1 Å². The van der Waals surface area contributed by atoms with E-state index in [1.54, 1.807) is 17.7 Å². The summed E-state index contributed by atoms with van der Waals surface area (Å²) in [5.74, 6) is 2.11. The Labute approximate surface area is 138 Å². The molecular formula is C17H17N3S2. The second-order valence-corrected chi connectivity index (χ2v) is 7.90. The van der Waals surface area contributed by atoms with E-state index < -0.39 is 0 Å². The SMILES string of the molecule is Cc1sc2ncnc(NC3CCSc4ccccc43)c2c1C. The number of aromatic nitrogens is 2. The first-order valence-electron chi connectivity index (χ1n) is 7.43. The molecule has 0 amide bonds. The maximum Gasteiger partial charge on any atom is 0.138 e. The van der Waals surface area contributed by atoms with E-state index in [0.29, 0.717) is 6.04 Å². The Balaban J connectivity index is 1.76. The quantitative estimate of drug-likeness (QED) is 0.722. The fraction of sp³-hybridized carbons (Fsp3) is 0.294. The molecule has 0 saturated heterocycles. The Bertz CT molecular complexity index is 841. The first-order chi connectivity index (χ1) is 10.7. The fourth-order valence-corrected chi connectivity index (χ4v) is 5.07. The minimum Gasteiger partial charge on any atom is -0.363 e. The van der Waals surface area contributed by atoms with Gasteiger partial charge >= 0.3 is 0 Å². The van der Waals surface area contributed by atoms with Crippen LogP contribution in [0.3, 0.4) is 0 Å². The molecule has 4 rings (SSSR count). The largest absolute Gasteiger partial charge is 0.363 e. The molecule has 1 unspecified atom stereocenters. The summed E-state index contributed by atoms with van der Waals surface area (Å²) in [4.78, 5) is 12.7. The summed E-state index contributed by atoms with van der Waals surface area (Å²) in [7, 11) is 0. The lowest BCUT2D eigenvalue weighted by Crippen LogP contribution is -2.17. The maximum atomic E-state index is 4.53. The van der Waals surface area contributed by atoms with Crippen LogP contribution in [0, 0.1) is 13.8 Å². The number of anilines is 1. The molecular weight excluding hydrogens is 310 g/mol. The van der Waals surface area contributed by atoms with Gasteiger partial charge in [-0.25, -0.2) is 9.97 Å². The summed E-state index contributed by atoms with van der Waals surface area (Å²) in [5.41, 5.74) is 2.68. The van der Waals surface area contributed by atoms with Crippen molar-refractivity contribution < 1.29 is 0 Å². The summed E-state index contributed by atoms with van der Waals surface area (Å²) >= 11 is 3.69. The van der Waals surface area contributed by atoms with Crippen LogP contribution in [0.4, 0.5) is 5.82 Å². The van der Waals surface area contributed by atoms with E-state index in [1.807, 2.05) is 11.8 Å². The van der Waals surface area contributed by atoms with Crippen molar-refractivity contribution in [3.63, 3.8) is 0 Å². The second kappa shape index (κ2) is 5.56. The van der Waals surface area contributed by atoms with E-state index in [4.69, 9.17) is 0 Å². The Morgan fingerprint density at radius 3 is 2.95 bits per heavy atom. The van der Waals surface area contributed by atoms with Crippen LogP contribution in [0.5, 0.6) is 0 Å². The van der Waals surface area contributed by atoms with Gasteiger partial charge in [-0.1, -0.05) is 18.2 Å². The van der Waals surface area contributed by atoms with Crippen LogP contribution in [0.2, 0.25) is 0 Å². The number of thiophene rings is 1. The minimum atomic E-state index is 0.329. The van der Waals surface area contributed by atoms with Crippen LogP contribution in [0.1, 0.15) is 28.5 Å². The highest BCUT2D eigenvalue weighted by Gasteiger charge is 2.22. The second-order valence-electron chi connectivity index (χ2n) is 5.56. The molecule has 0 fully saturated rings. The van der Waals surface area contributed by atoms with Gasteiger partial charge in [-0.05, 0) is 37.5 Å². The van der Waals surface area contributed by atoms with Crippen molar-refractivity contribution in [2.45, 2.75) is 31.2 Å². The zero-order valence-electron chi connectivity index (χ0n) is 12.6. The van der Waals surface area contributed by atoms with Gasteiger partial charge in [-0.2, -0.15) is 0 Å². The third kappa shape index (κ3) is 2.29. The Morgan fingerprint density at radius 1 is 1.18 bits per heavy atom. The van der Waals surface area contributed by atoms with Crippen molar-refractivity contribution in [3.05, 3.63) is 46.6 Å². The Hall–Kier alpha value is -1.59. The van der Waals surface area contributed by atoms with Crippen LogP contribution in [-0.4, -0.2) is 15.7 Å². The molecule has 22 heavy (non-hydrogen) atoms. The fourth-order valence-electron chi connectivity index (χ4n) is 2.95. The molecule has 1 aliphatic heterocycles. The van der Waals surface area contributed by atoms with Crippen molar-refractivity contribution in [3.8, 4) is 0 Å². The van der Waals surface area contributed by atoms with E-state index >= 15 is 0 Å². The normalized spacial score (nSPS) is 17.5. The van der Waals surface area contributed by atoms with Gasteiger partial charge in [0.25, 0.3) is 0 Å². The molecule has 0 radical (unpaired) electrons. The topological polar surface area (TPSA) is 37.8 Å². The van der Waals surface area contributed by atoms with Crippen molar-refractivity contribution in [2.75, 3.05) is 11.1 Å². The van der Waals surface area contributed by atoms with Crippen molar-refractivity contribution in [2.24, 2.45) is 0 Å². The van der Waals surface area contributed by atoms with E-state index in [9.17, 15) is 0 Å². The lowest BCUT2D eigenvalue weighted by atomic mass is 10.0. The number of rotatable bonds is 2. The molecule has 3 nitrogen and oxygen atoms in total. The van der Waals surface area contributed by atoms with Gasteiger partial charge in [0.1, 0.15) is 17.0 Å². The van der Waals surface area contributed by atoms with Gasteiger partial charge in [-0.15, -0.1) is 23.1 Å². The minimum absolute atomic E-state index is 0.329. The van der Waals surface area contributed by atoms with Gasteiger partial charge in [0.05, 0.1) is 11.4 Å². The maximum absolute atomic E-state index is 4.53. The number of hydrogen-bond donors (Lipinski definition) is 1. The predicted octanol–water partition coefficient (Wildman–Crippen LogP) is 4.96. The number of fused-ring (bicyclic) bond motifs is 2. The van der Waals surface area contributed by atoms with Gasteiger partial charge in [0.2, 0.25) is 0 Å². The number of thioether (sulfide) groups is 1. The molecule has 1 aromatic carbocycles. The number of nitrogens with one attached hydrogen (secondary N) is 1. The standard InChI is InChI=1S/C17H17N3S2/c1-10-11(2)22-17-15(10)16(18-9-19-17)20-13-7-8-21-14-6-4-3-5-12(13)14/h3-6,9,13H,7-8H2,1-2H3,(H,18,19,20). The molecule has 1 aliphatic rings. The summed E-state index contributed by atoms with van der Waals surface area (Å²) in [6, 6.07) is 9.00. The summed E-state index contributed by atoms with van der Waals surface area (Å²) in [6.07, 6.45) is 2.79. The van der Waals surface area contributed by atoms with Crippen LogP contribution in [-0.2, 0) is 0 Å². The van der Waals surface area contributed by atoms with Crippen molar-refractivity contribution in [1.29, 1.82) is 0 Å². The first-order valence-corrected chi connectivity index (χ1v) is 9.23. The molecule has 2 aromatic heterocycles. The number of benzene rings is 1. The summed E-state index contributed by atoms with van der Waals surface area (Å²) < 4.78 is 0. The van der Waals surface area contributed by atoms with Gasteiger partial charge < -0.3 is 5.32 Å². The van der Waals surface area contributed by atoms with E-state index in [1.165, 1.54) is 26.3 Å². The molecule has 3 heterocycles. The number of nitrogens with zero attached hydrogens (tertiary/aromatic N) is 2. The van der Waals surface area contributed by atoms with Crippen molar-refractivity contribution in [1.82, 2.24) is 9.97 Å². The molecule has 5 heteroatoms. The third-order valence-electron chi connectivity index (χ3n) is 4.23. The Morgan fingerprint density at radius 2 is 2.05 bits per heavy atom. The van der Waals surface area contributed by atoms with Gasteiger partial charge in [0.15, 0.2) is 0 Å². The first kappa shape index (κ1) is 14.0. The molecule has 0 saturated carbocycles. The van der Waals surface area contributed by atoms with Crippen molar-refractivity contribution >= 4 is 39.1 Å². The lowest BCUT2D eigenvalue weighted by Gasteiger charge is -2.26. The molecule has 0 bridgehead atoms. The molecule has 1 N–H and O–H groups in total. The third-order valence-corrected chi connectivity index (χ3v) is 6.47. The van der Waals surface area contributed by atoms with Gasteiger partial charge in [0, 0.05) is 15.5 Å². The monoisotopic (exact) mass is 327 g/mol. The summed E-state index contributed by atoms with van der Waals surface area (Å²) in [5, 5.41) is 4.86. The van der Waals surface area contributed by atoms with Gasteiger partial charge in [-0.3, -0.25) is 0 Å². The predicted molar refractivity (Wildman–Crippen MR) is 95.0 cm³/mol. The van der Waals surface area contributed by atoms with E-state index in [2.05, 4.69) is 53.4 Å². The highest BCUT2D eigenvalue weighted by molar-refractivity contribution is 7.99. The highest BCUT2D eigenvalue weighted by Crippen LogP contribution is 2.39.